The normalized spacial score (nSPS) is 14.9. The Morgan fingerprint density at radius 3 is 2.50 bits per heavy atom. The molecule has 0 bridgehead atoms. The molecule has 0 heterocycles. The van der Waals surface area contributed by atoms with Gasteiger partial charge >= 0.3 is 5.69 Å². The summed E-state index contributed by atoms with van der Waals surface area (Å²) < 4.78 is 13.3. The van der Waals surface area contributed by atoms with Gasteiger partial charge in [-0.05, 0) is 38.8 Å². The minimum absolute atomic E-state index is 0.201. The van der Waals surface area contributed by atoms with Crippen molar-refractivity contribution in [1.82, 2.24) is 5.32 Å². The van der Waals surface area contributed by atoms with Crippen molar-refractivity contribution in [3.8, 4) is 0 Å². The molecule has 2 unspecified atom stereocenters. The number of halogens is 1. The Bertz CT molecular complexity index is 486. The van der Waals surface area contributed by atoms with Crippen LogP contribution in [0, 0.1) is 15.9 Å². The van der Waals surface area contributed by atoms with Crippen molar-refractivity contribution in [3.05, 3.63) is 39.7 Å². The third-order valence-electron chi connectivity index (χ3n) is 2.95. The largest absolute Gasteiger partial charge is 0.387 e. The molecule has 2 N–H and O–H groups in total. The molecule has 0 saturated heterocycles. The van der Waals surface area contributed by atoms with E-state index in [0.717, 1.165) is 12.1 Å². The summed E-state index contributed by atoms with van der Waals surface area (Å²) in [5, 5.41) is 24.3. The van der Waals surface area contributed by atoms with E-state index < -0.39 is 22.5 Å². The lowest BCUT2D eigenvalue weighted by Crippen LogP contribution is -2.46. The van der Waals surface area contributed by atoms with Gasteiger partial charge in [-0.3, -0.25) is 10.1 Å². The molecule has 0 aromatic heterocycles. The summed E-state index contributed by atoms with van der Waals surface area (Å²) in [4.78, 5) is 9.95. The molecule has 0 saturated carbocycles. The number of rotatable bonds is 5. The minimum Gasteiger partial charge on any atom is -0.387 e. The van der Waals surface area contributed by atoms with Gasteiger partial charge in [0.15, 0.2) is 0 Å². The molecule has 112 valence electrons. The Morgan fingerprint density at radius 2 is 2.05 bits per heavy atom. The molecule has 0 radical (unpaired) electrons. The number of hydrogen-bond donors (Lipinski definition) is 2. The van der Waals surface area contributed by atoms with E-state index >= 15 is 0 Å². The number of aliphatic hydroxyl groups excluding tert-OH is 1. The summed E-state index contributed by atoms with van der Waals surface area (Å²) >= 11 is 0. The summed E-state index contributed by atoms with van der Waals surface area (Å²) in [6, 6.07) is 3.22. The van der Waals surface area contributed by atoms with Gasteiger partial charge in [0, 0.05) is 17.6 Å². The van der Waals surface area contributed by atoms with Crippen LogP contribution in [0.4, 0.5) is 10.1 Å². The Kier molecular flexibility index (Phi) is 5.19. The van der Waals surface area contributed by atoms with Crippen LogP contribution in [0.3, 0.4) is 0 Å². The Morgan fingerprint density at radius 1 is 1.45 bits per heavy atom. The summed E-state index contributed by atoms with van der Waals surface area (Å²) in [5.74, 6) is -0.900. The van der Waals surface area contributed by atoms with Crippen molar-refractivity contribution in [2.75, 3.05) is 0 Å². The maximum Gasteiger partial charge on any atom is 0.305 e. The predicted octanol–water partition coefficient (Wildman–Crippen LogP) is 2.93. The van der Waals surface area contributed by atoms with Crippen LogP contribution in [0.25, 0.3) is 0 Å². The number of hydrogen-bond acceptors (Lipinski definition) is 4. The molecule has 20 heavy (non-hydrogen) atoms. The van der Waals surface area contributed by atoms with Crippen LogP contribution in [0.1, 0.15) is 45.8 Å². The predicted molar refractivity (Wildman–Crippen MR) is 75.0 cm³/mol. The molecule has 0 aliphatic rings. The first-order valence-electron chi connectivity index (χ1n) is 6.55. The van der Waals surface area contributed by atoms with Crippen molar-refractivity contribution in [2.24, 2.45) is 0 Å². The van der Waals surface area contributed by atoms with Crippen LogP contribution >= 0.6 is 0 Å². The lowest BCUT2D eigenvalue weighted by atomic mass is 9.96. The zero-order valence-corrected chi connectivity index (χ0v) is 12.2. The molecule has 2 atom stereocenters. The Labute approximate surface area is 118 Å². The quantitative estimate of drug-likeness (QED) is 0.644. The fraction of sp³-hybridized carbons (Fsp3) is 0.571. The van der Waals surface area contributed by atoms with E-state index in [0.29, 0.717) is 12.0 Å². The Hall–Kier alpha value is -1.53. The van der Waals surface area contributed by atoms with Gasteiger partial charge in [-0.15, -0.1) is 0 Å². The monoisotopic (exact) mass is 284 g/mol. The second-order valence-corrected chi connectivity index (χ2v) is 5.82. The van der Waals surface area contributed by atoms with Crippen LogP contribution in [-0.2, 0) is 0 Å². The fourth-order valence-electron chi connectivity index (χ4n) is 2.05. The number of benzene rings is 1. The minimum atomic E-state index is -0.932. The number of aliphatic hydroxyl groups is 1. The molecule has 5 nitrogen and oxygen atoms in total. The zero-order chi connectivity index (χ0) is 15.5. The molecule has 1 aromatic rings. The first-order chi connectivity index (χ1) is 9.15. The molecule has 0 fully saturated rings. The zero-order valence-electron chi connectivity index (χ0n) is 12.2. The van der Waals surface area contributed by atoms with Gasteiger partial charge < -0.3 is 10.4 Å². The number of nitrogens with one attached hydrogen (secondary N) is 1. The van der Waals surface area contributed by atoms with Crippen LogP contribution in [0.5, 0.6) is 0 Å². The molecule has 0 aliphatic carbocycles. The maximum absolute atomic E-state index is 13.3. The van der Waals surface area contributed by atoms with Gasteiger partial charge in [-0.25, -0.2) is 0 Å². The first-order valence-corrected chi connectivity index (χ1v) is 6.55. The van der Waals surface area contributed by atoms with Crippen molar-refractivity contribution >= 4 is 5.69 Å². The van der Waals surface area contributed by atoms with Gasteiger partial charge in [-0.2, -0.15) is 4.39 Å². The number of nitro groups is 1. The molecule has 0 aliphatic heterocycles. The molecule has 6 heteroatoms. The summed E-state index contributed by atoms with van der Waals surface area (Å²) in [7, 11) is 0. The van der Waals surface area contributed by atoms with E-state index in [1.807, 2.05) is 27.7 Å². The second-order valence-electron chi connectivity index (χ2n) is 5.82. The average Bonchev–Trinajstić information content (AvgIpc) is 2.34. The topological polar surface area (TPSA) is 75.4 Å². The van der Waals surface area contributed by atoms with Crippen molar-refractivity contribution < 1.29 is 14.4 Å². The van der Waals surface area contributed by atoms with E-state index in [-0.39, 0.29) is 11.6 Å². The highest BCUT2D eigenvalue weighted by molar-refractivity contribution is 5.37. The lowest BCUT2D eigenvalue weighted by molar-refractivity contribution is -0.387. The van der Waals surface area contributed by atoms with Crippen LogP contribution in [0.15, 0.2) is 18.2 Å². The van der Waals surface area contributed by atoms with Crippen LogP contribution in [0.2, 0.25) is 0 Å². The molecular formula is C14H21FN2O3. The summed E-state index contributed by atoms with van der Waals surface area (Å²) in [5.41, 5.74) is -0.484. The fourth-order valence-corrected chi connectivity index (χ4v) is 2.05. The Balaban J connectivity index is 3.04. The highest BCUT2D eigenvalue weighted by Gasteiger charge is 2.26. The molecule has 1 aromatic carbocycles. The third-order valence-corrected chi connectivity index (χ3v) is 2.95. The summed E-state index contributed by atoms with van der Waals surface area (Å²) in [6.45, 7) is 7.81. The smallest absolute Gasteiger partial charge is 0.305 e. The third kappa shape index (κ3) is 4.25. The van der Waals surface area contributed by atoms with Gasteiger partial charge in [0.1, 0.15) is 0 Å². The summed E-state index contributed by atoms with van der Waals surface area (Å²) in [6.07, 6.45) is -0.289. The van der Waals surface area contributed by atoms with E-state index in [9.17, 15) is 19.6 Å². The van der Waals surface area contributed by atoms with Crippen LogP contribution in [-0.4, -0.2) is 21.6 Å². The molecule has 0 spiro atoms. The molecule has 0 amide bonds. The van der Waals surface area contributed by atoms with Crippen LogP contribution < -0.4 is 5.32 Å². The molecular weight excluding hydrogens is 263 g/mol. The van der Waals surface area contributed by atoms with E-state index in [4.69, 9.17) is 0 Å². The number of nitro benzene ring substituents is 1. The highest BCUT2D eigenvalue weighted by atomic mass is 19.1. The van der Waals surface area contributed by atoms with Crippen molar-refractivity contribution in [3.63, 3.8) is 0 Å². The SMILES string of the molecule is CCC(NC(C)(C)C)C(O)c1ccc(F)c([N+](=O)[O-])c1. The van der Waals surface area contributed by atoms with E-state index in [1.165, 1.54) is 6.07 Å². The number of nitrogens with zero attached hydrogens (tertiary/aromatic N) is 1. The highest BCUT2D eigenvalue weighted by Crippen LogP contribution is 2.26. The lowest BCUT2D eigenvalue weighted by Gasteiger charge is -2.31. The first kappa shape index (κ1) is 16.5. The van der Waals surface area contributed by atoms with Gasteiger partial charge in [0.2, 0.25) is 5.82 Å². The standard InChI is InChI=1S/C14H21FN2O3/c1-5-11(16-14(2,3)4)13(18)9-6-7-10(15)12(8-9)17(19)20/h6-8,11,13,16,18H,5H2,1-4H3. The van der Waals surface area contributed by atoms with Crippen molar-refractivity contribution in [1.29, 1.82) is 0 Å². The van der Waals surface area contributed by atoms with E-state index in [2.05, 4.69) is 5.32 Å². The molecule has 1 rings (SSSR count). The second kappa shape index (κ2) is 6.28. The van der Waals surface area contributed by atoms with Gasteiger partial charge in [0.05, 0.1) is 11.0 Å². The van der Waals surface area contributed by atoms with E-state index in [1.54, 1.807) is 0 Å². The average molecular weight is 284 g/mol. The van der Waals surface area contributed by atoms with Crippen molar-refractivity contribution in [2.45, 2.75) is 51.8 Å². The van der Waals surface area contributed by atoms with Gasteiger partial charge in [0.25, 0.3) is 0 Å². The van der Waals surface area contributed by atoms with Gasteiger partial charge in [-0.1, -0.05) is 13.0 Å². The maximum atomic E-state index is 13.3.